The largest absolute Gasteiger partial charge is 0.496 e. The molecule has 0 fully saturated rings. The molecule has 0 saturated heterocycles. The summed E-state index contributed by atoms with van der Waals surface area (Å²) >= 11 is 12.9. The molecule has 0 amide bonds. The van der Waals surface area contributed by atoms with E-state index in [0.29, 0.717) is 15.1 Å². The molecule has 1 heterocycles. The van der Waals surface area contributed by atoms with Crippen LogP contribution in [-0.2, 0) is 5.88 Å². The van der Waals surface area contributed by atoms with Gasteiger partial charge in [-0.15, -0.1) is 22.9 Å². The number of thiophene rings is 1. The van der Waals surface area contributed by atoms with Crippen molar-refractivity contribution in [3.8, 4) is 5.75 Å². The van der Waals surface area contributed by atoms with Gasteiger partial charge in [-0.3, -0.25) is 4.79 Å². The van der Waals surface area contributed by atoms with Crippen molar-refractivity contribution >= 4 is 46.4 Å². The van der Waals surface area contributed by atoms with Gasteiger partial charge in [0.25, 0.3) is 0 Å². The Hall–Kier alpha value is -1.29. The number of ether oxygens (including phenoxy) is 1. The van der Waals surface area contributed by atoms with E-state index in [4.69, 9.17) is 27.9 Å². The molecule has 20 heavy (non-hydrogen) atoms. The third kappa shape index (κ3) is 3.63. The average molecular weight is 327 g/mol. The van der Waals surface area contributed by atoms with Gasteiger partial charge in [0.15, 0.2) is 5.78 Å². The van der Waals surface area contributed by atoms with E-state index in [0.717, 1.165) is 16.9 Å². The Morgan fingerprint density at radius 3 is 2.75 bits per heavy atom. The quantitative estimate of drug-likeness (QED) is 0.437. The number of benzene rings is 1. The Labute approximate surface area is 131 Å². The van der Waals surface area contributed by atoms with Gasteiger partial charge < -0.3 is 4.74 Å². The number of halogens is 2. The molecule has 0 aliphatic heterocycles. The molecule has 0 saturated carbocycles. The van der Waals surface area contributed by atoms with Gasteiger partial charge in [0.2, 0.25) is 0 Å². The standard InChI is InChI=1S/C15H12Cl2O2S/c1-19-13-5-3-10(8-11(13)9-16)2-4-12(18)14-6-7-15(17)20-14/h2-8H,9H2,1H3/b4-2+. The van der Waals surface area contributed by atoms with Crippen LogP contribution in [-0.4, -0.2) is 12.9 Å². The van der Waals surface area contributed by atoms with E-state index in [1.54, 1.807) is 25.3 Å². The lowest BCUT2D eigenvalue weighted by Gasteiger charge is -2.06. The minimum Gasteiger partial charge on any atom is -0.496 e. The molecule has 1 aromatic carbocycles. The molecule has 0 aliphatic rings. The van der Waals surface area contributed by atoms with Crippen LogP contribution in [0.15, 0.2) is 36.4 Å². The predicted octanol–water partition coefficient (Wildman–Crippen LogP) is 5.05. The lowest BCUT2D eigenvalue weighted by Crippen LogP contribution is -1.91. The zero-order valence-electron chi connectivity index (χ0n) is 10.7. The smallest absolute Gasteiger partial charge is 0.195 e. The van der Waals surface area contributed by atoms with Crippen molar-refractivity contribution in [2.24, 2.45) is 0 Å². The Bertz CT molecular complexity index is 647. The van der Waals surface area contributed by atoms with E-state index in [9.17, 15) is 4.79 Å². The zero-order valence-corrected chi connectivity index (χ0v) is 13.1. The summed E-state index contributed by atoms with van der Waals surface area (Å²) in [6.07, 6.45) is 3.29. The van der Waals surface area contributed by atoms with Gasteiger partial charge in [-0.1, -0.05) is 23.7 Å². The molecule has 2 nitrogen and oxygen atoms in total. The fraction of sp³-hybridized carbons (Fsp3) is 0.133. The molecule has 0 spiro atoms. The number of hydrogen-bond donors (Lipinski definition) is 0. The first-order valence-electron chi connectivity index (χ1n) is 5.84. The SMILES string of the molecule is COc1ccc(/C=C/C(=O)c2ccc(Cl)s2)cc1CCl. The summed E-state index contributed by atoms with van der Waals surface area (Å²) in [6.45, 7) is 0. The summed E-state index contributed by atoms with van der Waals surface area (Å²) in [7, 11) is 1.60. The fourth-order valence-electron chi connectivity index (χ4n) is 1.71. The lowest BCUT2D eigenvalue weighted by atomic mass is 10.1. The van der Waals surface area contributed by atoms with Crippen LogP contribution in [0, 0.1) is 0 Å². The van der Waals surface area contributed by atoms with Gasteiger partial charge >= 0.3 is 0 Å². The topological polar surface area (TPSA) is 26.3 Å². The molecule has 0 radical (unpaired) electrons. The second-order valence-electron chi connectivity index (χ2n) is 4.01. The second kappa shape index (κ2) is 6.93. The summed E-state index contributed by atoms with van der Waals surface area (Å²) in [4.78, 5) is 12.5. The highest BCUT2D eigenvalue weighted by Gasteiger charge is 2.06. The second-order valence-corrected chi connectivity index (χ2v) is 5.99. The first-order valence-corrected chi connectivity index (χ1v) is 7.57. The Morgan fingerprint density at radius 1 is 1.35 bits per heavy atom. The maximum Gasteiger partial charge on any atom is 0.195 e. The minimum absolute atomic E-state index is 0.0647. The normalized spacial score (nSPS) is 10.9. The maximum atomic E-state index is 11.9. The van der Waals surface area contributed by atoms with Gasteiger partial charge in [-0.25, -0.2) is 0 Å². The summed E-state index contributed by atoms with van der Waals surface area (Å²) in [5, 5.41) is 0. The van der Waals surface area contributed by atoms with Crippen LogP contribution < -0.4 is 4.74 Å². The fourth-order valence-corrected chi connectivity index (χ4v) is 2.88. The van der Waals surface area contributed by atoms with Crippen LogP contribution in [0.3, 0.4) is 0 Å². The van der Waals surface area contributed by atoms with Crippen LogP contribution in [0.5, 0.6) is 5.75 Å². The van der Waals surface area contributed by atoms with Crippen LogP contribution >= 0.6 is 34.5 Å². The number of carbonyl (C=O) groups excluding carboxylic acids is 1. The number of rotatable bonds is 5. The number of carbonyl (C=O) groups is 1. The molecular formula is C15H12Cl2O2S. The minimum atomic E-state index is -0.0647. The van der Waals surface area contributed by atoms with Crippen molar-refractivity contribution in [3.63, 3.8) is 0 Å². The molecule has 0 aliphatic carbocycles. The number of alkyl halides is 1. The number of allylic oxidation sites excluding steroid dienone is 1. The van der Waals surface area contributed by atoms with Crippen molar-refractivity contribution < 1.29 is 9.53 Å². The molecule has 1 aromatic heterocycles. The molecular weight excluding hydrogens is 315 g/mol. The van der Waals surface area contributed by atoms with E-state index in [2.05, 4.69) is 0 Å². The summed E-state index contributed by atoms with van der Waals surface area (Å²) in [6, 6.07) is 9.05. The van der Waals surface area contributed by atoms with Crippen molar-refractivity contribution in [2.45, 2.75) is 5.88 Å². The molecule has 0 unspecified atom stereocenters. The third-order valence-corrected chi connectivity index (χ3v) is 4.23. The van der Waals surface area contributed by atoms with Gasteiger partial charge in [0, 0.05) is 5.56 Å². The van der Waals surface area contributed by atoms with Crippen LogP contribution in [0.4, 0.5) is 0 Å². The molecule has 0 atom stereocenters. The molecule has 2 aromatic rings. The third-order valence-electron chi connectivity index (χ3n) is 2.69. The highest BCUT2D eigenvalue weighted by Crippen LogP contribution is 2.24. The molecule has 0 bridgehead atoms. The Kier molecular flexibility index (Phi) is 5.24. The van der Waals surface area contributed by atoms with E-state index >= 15 is 0 Å². The van der Waals surface area contributed by atoms with Crippen LogP contribution in [0.25, 0.3) is 6.08 Å². The van der Waals surface area contributed by atoms with Crippen molar-refractivity contribution in [1.29, 1.82) is 0 Å². The predicted molar refractivity (Wildman–Crippen MR) is 85.2 cm³/mol. The molecule has 104 valence electrons. The van der Waals surface area contributed by atoms with Crippen molar-refractivity contribution in [2.75, 3.05) is 7.11 Å². The van der Waals surface area contributed by atoms with E-state index < -0.39 is 0 Å². The number of methoxy groups -OCH3 is 1. The van der Waals surface area contributed by atoms with E-state index in [-0.39, 0.29) is 5.78 Å². The first-order chi connectivity index (χ1) is 9.63. The number of hydrogen-bond acceptors (Lipinski definition) is 3. The van der Waals surface area contributed by atoms with Gasteiger partial charge in [-0.05, 0) is 35.9 Å². The van der Waals surface area contributed by atoms with Crippen molar-refractivity contribution in [1.82, 2.24) is 0 Å². The van der Waals surface area contributed by atoms with Crippen molar-refractivity contribution in [3.05, 3.63) is 56.7 Å². The van der Waals surface area contributed by atoms with E-state index in [1.165, 1.54) is 17.4 Å². The highest BCUT2D eigenvalue weighted by molar-refractivity contribution is 7.18. The lowest BCUT2D eigenvalue weighted by molar-refractivity contribution is 0.105. The Morgan fingerprint density at radius 2 is 2.15 bits per heavy atom. The first kappa shape index (κ1) is 15.1. The monoisotopic (exact) mass is 326 g/mol. The average Bonchev–Trinajstić information content (AvgIpc) is 2.91. The van der Waals surface area contributed by atoms with Gasteiger partial charge in [0.1, 0.15) is 5.75 Å². The molecule has 5 heteroatoms. The number of ketones is 1. The molecule has 0 N–H and O–H groups in total. The summed E-state index contributed by atoms with van der Waals surface area (Å²) in [5.41, 5.74) is 1.79. The van der Waals surface area contributed by atoms with E-state index in [1.807, 2.05) is 18.2 Å². The van der Waals surface area contributed by atoms with Crippen LogP contribution in [0.1, 0.15) is 20.8 Å². The Balaban J connectivity index is 2.17. The highest BCUT2D eigenvalue weighted by atomic mass is 35.5. The summed E-state index contributed by atoms with van der Waals surface area (Å²) < 4.78 is 5.81. The summed E-state index contributed by atoms with van der Waals surface area (Å²) in [5.74, 6) is 1.04. The molecule has 2 rings (SSSR count). The zero-order chi connectivity index (χ0) is 14.5. The maximum absolute atomic E-state index is 11.9. The van der Waals surface area contributed by atoms with Gasteiger partial charge in [0.05, 0.1) is 22.2 Å². The van der Waals surface area contributed by atoms with Crippen LogP contribution in [0.2, 0.25) is 4.34 Å². The van der Waals surface area contributed by atoms with Gasteiger partial charge in [-0.2, -0.15) is 0 Å².